The van der Waals surface area contributed by atoms with Crippen LogP contribution in [0.25, 0.3) is 0 Å². The van der Waals surface area contributed by atoms with Gasteiger partial charge in [-0.2, -0.15) is 0 Å². The van der Waals surface area contributed by atoms with Gasteiger partial charge in [0.2, 0.25) is 0 Å². The Labute approximate surface area is 122 Å². The second-order valence-corrected chi connectivity index (χ2v) is 5.13. The van der Waals surface area contributed by atoms with Gasteiger partial charge in [-0.3, -0.25) is 9.59 Å². The van der Waals surface area contributed by atoms with Gasteiger partial charge in [-0.05, 0) is 18.6 Å². The molecule has 1 atom stereocenters. The van der Waals surface area contributed by atoms with Gasteiger partial charge < -0.3 is 9.84 Å². The quantitative estimate of drug-likeness (QED) is 0.879. The summed E-state index contributed by atoms with van der Waals surface area (Å²) >= 11 is 0. The number of rotatable bonds is 3. The van der Waals surface area contributed by atoms with E-state index in [9.17, 15) is 14.7 Å². The highest BCUT2D eigenvalue weighted by atomic mass is 16.5. The van der Waals surface area contributed by atoms with Gasteiger partial charge in [0.1, 0.15) is 18.3 Å². The van der Waals surface area contributed by atoms with E-state index in [1.165, 1.54) is 0 Å². The summed E-state index contributed by atoms with van der Waals surface area (Å²) in [6.45, 7) is 1.92. The Morgan fingerprint density at radius 3 is 2.57 bits per heavy atom. The average molecular weight is 282 g/mol. The second kappa shape index (κ2) is 5.05. The van der Waals surface area contributed by atoms with Crippen LogP contribution in [0.3, 0.4) is 0 Å². The third-order valence-corrected chi connectivity index (χ3v) is 3.61. The summed E-state index contributed by atoms with van der Waals surface area (Å²) in [6.07, 6.45) is 0. The molecule has 1 heterocycles. The minimum Gasteiger partial charge on any atom is -0.491 e. The molecule has 4 heteroatoms. The number of hydrogen-bond donors (Lipinski definition) is 1. The van der Waals surface area contributed by atoms with E-state index >= 15 is 0 Å². The Morgan fingerprint density at radius 2 is 1.90 bits per heavy atom. The minimum atomic E-state index is -0.933. The predicted molar refractivity (Wildman–Crippen MR) is 76.9 cm³/mol. The Balaban J connectivity index is 2.11. The lowest BCUT2D eigenvalue weighted by atomic mass is 9.93. The van der Waals surface area contributed by atoms with Gasteiger partial charge in [0, 0.05) is 11.1 Å². The molecule has 1 aliphatic heterocycles. The molecule has 106 valence electrons. The molecule has 0 radical (unpaired) electrons. The summed E-state index contributed by atoms with van der Waals surface area (Å²) in [5.74, 6) is -1.39. The van der Waals surface area contributed by atoms with Crippen molar-refractivity contribution in [2.75, 3.05) is 6.61 Å². The maximum Gasteiger partial charge on any atom is 0.314 e. The molecule has 2 aromatic rings. The summed E-state index contributed by atoms with van der Waals surface area (Å²) in [4.78, 5) is 23.9. The lowest BCUT2D eigenvalue weighted by Gasteiger charge is -2.09. The number of ether oxygens (including phenoxy) is 1. The van der Waals surface area contributed by atoms with Crippen LogP contribution >= 0.6 is 0 Å². The van der Waals surface area contributed by atoms with Crippen molar-refractivity contribution in [3.8, 4) is 5.75 Å². The molecule has 0 saturated carbocycles. The Morgan fingerprint density at radius 1 is 1.19 bits per heavy atom. The maximum absolute atomic E-state index is 12.6. The maximum atomic E-state index is 12.6. The van der Waals surface area contributed by atoms with Crippen molar-refractivity contribution < 1.29 is 19.4 Å². The van der Waals surface area contributed by atoms with Crippen LogP contribution in [0.2, 0.25) is 0 Å². The summed E-state index contributed by atoms with van der Waals surface area (Å²) in [5, 5.41) is 9.23. The van der Waals surface area contributed by atoms with Gasteiger partial charge in [-0.1, -0.05) is 36.4 Å². The molecule has 21 heavy (non-hydrogen) atoms. The number of benzene rings is 2. The van der Waals surface area contributed by atoms with Gasteiger partial charge in [0.25, 0.3) is 0 Å². The standard InChI is InChI=1S/C17H14O4/c1-10-7-12-14(17(19)20)9-21-16(12)13(8-10)15(18)11-5-3-2-4-6-11/h2-8,14H,9H2,1H3,(H,19,20)/t14-/m0/s1. The second-order valence-electron chi connectivity index (χ2n) is 5.13. The zero-order valence-corrected chi connectivity index (χ0v) is 11.5. The van der Waals surface area contributed by atoms with Crippen LogP contribution in [0.1, 0.15) is 33.0 Å². The number of carboxylic acid groups (broad SMARTS) is 1. The summed E-state index contributed by atoms with van der Waals surface area (Å²) in [7, 11) is 0. The Hall–Kier alpha value is -2.62. The number of carbonyl (C=O) groups is 2. The average Bonchev–Trinajstić information content (AvgIpc) is 2.90. The van der Waals surface area contributed by atoms with Crippen molar-refractivity contribution in [2.45, 2.75) is 12.8 Å². The summed E-state index contributed by atoms with van der Waals surface area (Å²) < 4.78 is 5.50. The number of aliphatic carboxylic acids is 1. The van der Waals surface area contributed by atoms with E-state index < -0.39 is 11.9 Å². The van der Waals surface area contributed by atoms with Crippen LogP contribution in [-0.2, 0) is 4.79 Å². The van der Waals surface area contributed by atoms with Crippen molar-refractivity contribution in [1.29, 1.82) is 0 Å². The molecule has 0 spiro atoms. The van der Waals surface area contributed by atoms with E-state index in [-0.39, 0.29) is 12.4 Å². The highest BCUT2D eigenvalue weighted by molar-refractivity contribution is 6.11. The van der Waals surface area contributed by atoms with Crippen molar-refractivity contribution >= 4 is 11.8 Å². The smallest absolute Gasteiger partial charge is 0.314 e. The van der Waals surface area contributed by atoms with E-state index in [0.717, 1.165) is 5.56 Å². The molecule has 1 N–H and O–H groups in total. The third-order valence-electron chi connectivity index (χ3n) is 3.61. The number of aryl methyl sites for hydroxylation is 1. The fourth-order valence-corrected chi connectivity index (χ4v) is 2.60. The SMILES string of the molecule is Cc1cc(C(=O)c2ccccc2)c2c(c1)[C@@H](C(=O)O)CO2. The predicted octanol–water partition coefficient (Wildman–Crippen LogP) is 2.79. The van der Waals surface area contributed by atoms with Crippen LogP contribution in [0.5, 0.6) is 5.75 Å². The van der Waals surface area contributed by atoms with Crippen LogP contribution < -0.4 is 4.74 Å². The van der Waals surface area contributed by atoms with Crippen molar-refractivity contribution in [2.24, 2.45) is 0 Å². The highest BCUT2D eigenvalue weighted by Gasteiger charge is 2.33. The third kappa shape index (κ3) is 2.29. The largest absolute Gasteiger partial charge is 0.491 e. The van der Waals surface area contributed by atoms with E-state index in [1.807, 2.05) is 13.0 Å². The van der Waals surface area contributed by atoms with E-state index in [1.54, 1.807) is 36.4 Å². The molecule has 0 unspecified atom stereocenters. The van der Waals surface area contributed by atoms with Crippen LogP contribution in [0.4, 0.5) is 0 Å². The lowest BCUT2D eigenvalue weighted by molar-refractivity contribution is -0.138. The molecular weight excluding hydrogens is 268 g/mol. The van der Waals surface area contributed by atoms with Gasteiger partial charge in [0.05, 0.1) is 5.56 Å². The van der Waals surface area contributed by atoms with Gasteiger partial charge in [0.15, 0.2) is 5.78 Å². The molecule has 1 aliphatic rings. The first-order valence-electron chi connectivity index (χ1n) is 6.68. The number of fused-ring (bicyclic) bond motifs is 1. The first-order valence-corrected chi connectivity index (χ1v) is 6.68. The number of ketones is 1. The molecule has 0 aromatic heterocycles. The molecule has 0 bridgehead atoms. The molecular formula is C17H14O4. The zero-order valence-electron chi connectivity index (χ0n) is 11.5. The lowest BCUT2D eigenvalue weighted by Crippen LogP contribution is -2.12. The molecule has 0 aliphatic carbocycles. The van der Waals surface area contributed by atoms with Gasteiger partial charge in [-0.25, -0.2) is 0 Å². The first kappa shape index (κ1) is 13.4. The fourth-order valence-electron chi connectivity index (χ4n) is 2.60. The first-order chi connectivity index (χ1) is 10.1. The Bertz CT molecular complexity index is 719. The molecule has 0 saturated heterocycles. The minimum absolute atomic E-state index is 0.0726. The van der Waals surface area contributed by atoms with E-state index in [0.29, 0.717) is 22.4 Å². The fraction of sp³-hybridized carbons (Fsp3) is 0.176. The highest BCUT2D eigenvalue weighted by Crippen LogP contribution is 2.38. The topological polar surface area (TPSA) is 63.6 Å². The molecule has 4 nitrogen and oxygen atoms in total. The van der Waals surface area contributed by atoms with E-state index in [4.69, 9.17) is 4.74 Å². The molecule has 3 rings (SSSR count). The Kier molecular flexibility index (Phi) is 3.22. The zero-order chi connectivity index (χ0) is 15.0. The monoisotopic (exact) mass is 282 g/mol. The van der Waals surface area contributed by atoms with Crippen molar-refractivity contribution in [3.05, 3.63) is 64.7 Å². The van der Waals surface area contributed by atoms with Crippen LogP contribution in [0.15, 0.2) is 42.5 Å². The number of carboxylic acids is 1. The summed E-state index contributed by atoms with van der Waals surface area (Å²) in [6, 6.07) is 12.4. The molecule has 2 aromatic carbocycles. The van der Waals surface area contributed by atoms with Gasteiger partial charge >= 0.3 is 5.97 Å². The number of carbonyl (C=O) groups excluding carboxylic acids is 1. The van der Waals surface area contributed by atoms with E-state index in [2.05, 4.69) is 0 Å². The normalized spacial score (nSPS) is 16.1. The van der Waals surface area contributed by atoms with Crippen molar-refractivity contribution in [3.63, 3.8) is 0 Å². The van der Waals surface area contributed by atoms with Crippen LogP contribution in [0, 0.1) is 6.92 Å². The van der Waals surface area contributed by atoms with Crippen LogP contribution in [-0.4, -0.2) is 23.5 Å². The molecule has 0 amide bonds. The molecule has 0 fully saturated rings. The van der Waals surface area contributed by atoms with Crippen molar-refractivity contribution in [1.82, 2.24) is 0 Å². The number of hydrogen-bond acceptors (Lipinski definition) is 3. The van der Waals surface area contributed by atoms with Gasteiger partial charge in [-0.15, -0.1) is 0 Å². The summed E-state index contributed by atoms with van der Waals surface area (Å²) in [5.41, 5.74) is 2.43.